The Morgan fingerprint density at radius 2 is 1.76 bits per heavy atom. The predicted molar refractivity (Wildman–Crippen MR) is 111 cm³/mol. The van der Waals surface area contributed by atoms with E-state index < -0.39 is 29.5 Å². The Morgan fingerprint density at radius 1 is 1.14 bits per heavy atom. The number of carbonyl (C=O) groups excluding carboxylic acids is 1. The molecule has 29 heavy (non-hydrogen) atoms. The summed E-state index contributed by atoms with van der Waals surface area (Å²) in [5, 5.41) is 20.8. The zero-order valence-corrected chi connectivity index (χ0v) is 17.2. The molecule has 0 aliphatic heterocycles. The van der Waals surface area contributed by atoms with Gasteiger partial charge in [0.05, 0.1) is 11.9 Å². The smallest absolute Gasteiger partial charge is 0.402 e. The van der Waals surface area contributed by atoms with Crippen molar-refractivity contribution < 1.29 is 27.9 Å². The molecule has 2 aromatic rings. The average molecular weight is 420 g/mol. The van der Waals surface area contributed by atoms with Gasteiger partial charge in [0, 0.05) is 19.4 Å². The lowest BCUT2D eigenvalue weighted by Crippen LogP contribution is -2.43. The number of benzene rings is 2. The van der Waals surface area contributed by atoms with Crippen molar-refractivity contribution >= 4 is 28.9 Å². The SMILES string of the molecule is Cc1ccc(C[C@H](NC(=O)CCN(c2ccccc2)S(C)(=O)=O)OB(O)O)cc1. The third kappa shape index (κ3) is 7.86. The van der Waals surface area contributed by atoms with Crippen LogP contribution in [0.4, 0.5) is 5.69 Å². The largest absolute Gasteiger partial charge is 0.635 e. The summed E-state index contributed by atoms with van der Waals surface area (Å²) in [6, 6.07) is 16.0. The molecule has 0 aliphatic rings. The van der Waals surface area contributed by atoms with Crippen molar-refractivity contribution in [1.82, 2.24) is 5.32 Å². The van der Waals surface area contributed by atoms with Crippen LogP contribution in [0, 0.1) is 6.92 Å². The minimum absolute atomic E-state index is 0.0619. The van der Waals surface area contributed by atoms with Gasteiger partial charge >= 0.3 is 7.32 Å². The van der Waals surface area contributed by atoms with Crippen LogP contribution in [-0.4, -0.2) is 50.7 Å². The van der Waals surface area contributed by atoms with E-state index in [1.54, 1.807) is 30.3 Å². The van der Waals surface area contributed by atoms with E-state index in [4.69, 9.17) is 14.7 Å². The molecule has 0 heterocycles. The van der Waals surface area contributed by atoms with E-state index >= 15 is 0 Å². The summed E-state index contributed by atoms with van der Waals surface area (Å²) in [5.41, 5.74) is 2.36. The van der Waals surface area contributed by atoms with Crippen LogP contribution in [0.1, 0.15) is 17.5 Å². The summed E-state index contributed by atoms with van der Waals surface area (Å²) < 4.78 is 30.3. The van der Waals surface area contributed by atoms with Gasteiger partial charge in [-0.05, 0) is 24.6 Å². The van der Waals surface area contributed by atoms with Crippen LogP contribution in [0.2, 0.25) is 0 Å². The number of carbonyl (C=O) groups is 1. The number of rotatable bonds is 10. The van der Waals surface area contributed by atoms with E-state index in [-0.39, 0.29) is 19.4 Å². The second-order valence-corrected chi connectivity index (χ2v) is 8.54. The Hall–Kier alpha value is -2.40. The molecule has 0 radical (unpaired) electrons. The fourth-order valence-electron chi connectivity index (χ4n) is 2.75. The minimum atomic E-state index is -3.57. The molecule has 0 bridgehead atoms. The van der Waals surface area contributed by atoms with Gasteiger partial charge in [-0.2, -0.15) is 0 Å². The molecule has 156 valence electrons. The van der Waals surface area contributed by atoms with Gasteiger partial charge in [-0.15, -0.1) is 0 Å². The second-order valence-electron chi connectivity index (χ2n) is 6.63. The molecular weight excluding hydrogens is 395 g/mol. The van der Waals surface area contributed by atoms with Crippen LogP contribution in [0.5, 0.6) is 0 Å². The molecule has 2 aromatic carbocycles. The average Bonchev–Trinajstić information content (AvgIpc) is 2.63. The van der Waals surface area contributed by atoms with Crippen LogP contribution in [0.25, 0.3) is 0 Å². The molecule has 0 unspecified atom stereocenters. The molecule has 0 saturated heterocycles. The monoisotopic (exact) mass is 420 g/mol. The van der Waals surface area contributed by atoms with E-state index in [1.807, 2.05) is 31.2 Å². The van der Waals surface area contributed by atoms with Crippen molar-refractivity contribution in [2.24, 2.45) is 0 Å². The highest BCUT2D eigenvalue weighted by atomic mass is 32.2. The lowest BCUT2D eigenvalue weighted by atomic mass is 10.1. The molecule has 3 N–H and O–H groups in total. The third-order valence-electron chi connectivity index (χ3n) is 4.14. The molecule has 0 saturated carbocycles. The Balaban J connectivity index is 2.01. The quantitative estimate of drug-likeness (QED) is 0.387. The Bertz CT molecular complexity index is 891. The van der Waals surface area contributed by atoms with Gasteiger partial charge in [0.2, 0.25) is 15.9 Å². The van der Waals surface area contributed by atoms with Gasteiger partial charge in [0.25, 0.3) is 0 Å². The first-order valence-electron chi connectivity index (χ1n) is 9.04. The zero-order valence-electron chi connectivity index (χ0n) is 16.4. The summed E-state index contributed by atoms with van der Waals surface area (Å²) in [4.78, 5) is 12.4. The molecule has 0 spiro atoms. The molecule has 0 aliphatic carbocycles. The standard InChI is InChI=1S/C19H25BN2O6S/c1-15-8-10-16(11-9-15)14-19(28-20(24)25)21-18(23)12-13-22(29(2,26)27)17-6-4-3-5-7-17/h3-11,19,24-25H,12-14H2,1-2H3,(H,21,23)/t19-/m1/s1. The number of para-hydroxylation sites is 1. The zero-order chi connectivity index (χ0) is 21.4. The third-order valence-corrected chi connectivity index (χ3v) is 5.33. The summed E-state index contributed by atoms with van der Waals surface area (Å²) in [7, 11) is -5.62. The van der Waals surface area contributed by atoms with Crippen LogP contribution < -0.4 is 9.62 Å². The normalized spacial score (nSPS) is 12.3. The lowest BCUT2D eigenvalue weighted by Gasteiger charge is -2.23. The first-order chi connectivity index (χ1) is 13.6. The molecule has 0 fully saturated rings. The molecule has 10 heteroatoms. The summed E-state index contributed by atoms with van der Waals surface area (Å²) in [6.07, 6.45) is 0.187. The van der Waals surface area contributed by atoms with E-state index in [9.17, 15) is 13.2 Å². The fourth-order valence-corrected chi connectivity index (χ4v) is 3.68. The van der Waals surface area contributed by atoms with Crippen LogP contribution >= 0.6 is 0 Å². The van der Waals surface area contributed by atoms with Crippen molar-refractivity contribution in [2.45, 2.75) is 26.0 Å². The van der Waals surface area contributed by atoms with Gasteiger partial charge < -0.3 is 20.0 Å². The van der Waals surface area contributed by atoms with E-state index in [0.29, 0.717) is 5.69 Å². The Kier molecular flexibility index (Phi) is 8.21. The number of anilines is 1. The van der Waals surface area contributed by atoms with E-state index in [1.165, 1.54) is 0 Å². The van der Waals surface area contributed by atoms with Gasteiger partial charge in [0.1, 0.15) is 6.23 Å². The lowest BCUT2D eigenvalue weighted by molar-refractivity contribution is -0.123. The first kappa shape index (κ1) is 22.9. The fraction of sp³-hybridized carbons (Fsp3) is 0.316. The Morgan fingerprint density at radius 3 is 2.31 bits per heavy atom. The number of hydrogen-bond donors (Lipinski definition) is 3. The van der Waals surface area contributed by atoms with Crippen LogP contribution in [0.15, 0.2) is 54.6 Å². The summed E-state index contributed by atoms with van der Waals surface area (Å²) >= 11 is 0. The van der Waals surface area contributed by atoms with Crippen molar-refractivity contribution in [2.75, 3.05) is 17.1 Å². The number of aryl methyl sites for hydroxylation is 1. The molecule has 8 nitrogen and oxygen atoms in total. The number of nitrogens with one attached hydrogen (secondary N) is 1. The van der Waals surface area contributed by atoms with Crippen molar-refractivity contribution in [3.8, 4) is 0 Å². The van der Waals surface area contributed by atoms with Gasteiger partial charge in [0.15, 0.2) is 0 Å². The number of amides is 1. The van der Waals surface area contributed by atoms with Gasteiger partial charge in [-0.1, -0.05) is 48.0 Å². The molecular formula is C19H25BN2O6S. The maximum Gasteiger partial charge on any atom is 0.635 e. The number of hydrogen-bond acceptors (Lipinski definition) is 6. The maximum absolute atomic E-state index is 12.4. The number of sulfonamides is 1. The first-order valence-corrected chi connectivity index (χ1v) is 10.9. The van der Waals surface area contributed by atoms with Crippen molar-refractivity contribution in [3.63, 3.8) is 0 Å². The second kappa shape index (κ2) is 10.4. The highest BCUT2D eigenvalue weighted by Gasteiger charge is 2.22. The van der Waals surface area contributed by atoms with E-state index in [0.717, 1.165) is 21.7 Å². The summed E-state index contributed by atoms with van der Waals surface area (Å²) in [6.45, 7) is 1.88. The number of nitrogens with zero attached hydrogens (tertiary/aromatic N) is 1. The topological polar surface area (TPSA) is 116 Å². The van der Waals surface area contributed by atoms with Crippen LogP contribution in [-0.2, 0) is 25.9 Å². The molecule has 2 rings (SSSR count). The summed E-state index contributed by atoms with van der Waals surface area (Å²) in [5.74, 6) is -0.479. The van der Waals surface area contributed by atoms with Gasteiger partial charge in [-0.3, -0.25) is 9.10 Å². The molecule has 1 atom stereocenters. The Labute approximate surface area is 171 Å². The molecule has 1 amide bonds. The maximum atomic E-state index is 12.4. The molecule has 0 aromatic heterocycles. The van der Waals surface area contributed by atoms with Crippen molar-refractivity contribution in [1.29, 1.82) is 0 Å². The highest BCUT2D eigenvalue weighted by molar-refractivity contribution is 7.92. The predicted octanol–water partition coefficient (Wildman–Crippen LogP) is 0.822. The minimum Gasteiger partial charge on any atom is -0.402 e. The van der Waals surface area contributed by atoms with Crippen molar-refractivity contribution in [3.05, 3.63) is 65.7 Å². The van der Waals surface area contributed by atoms with Crippen LogP contribution in [0.3, 0.4) is 0 Å². The highest BCUT2D eigenvalue weighted by Crippen LogP contribution is 2.17. The van der Waals surface area contributed by atoms with E-state index in [2.05, 4.69) is 5.32 Å². The van der Waals surface area contributed by atoms with Gasteiger partial charge in [-0.25, -0.2) is 8.42 Å².